The number of piperidine rings is 1. The molecule has 1 aliphatic heterocycles. The largest absolute Gasteiger partial charge is 0.354 e. The van der Waals surface area contributed by atoms with Gasteiger partial charge in [0.2, 0.25) is 5.95 Å². The van der Waals surface area contributed by atoms with Crippen molar-refractivity contribution in [2.24, 2.45) is 5.92 Å². The fraction of sp³-hybridized carbons (Fsp3) is 0.385. The third kappa shape index (κ3) is 4.88. The minimum Gasteiger partial charge on any atom is -0.354 e. The molecule has 4 aromatic rings. The normalized spacial score (nSPS) is 15.2. The first-order chi connectivity index (χ1) is 16.2. The Balaban J connectivity index is 1.36. The van der Waals surface area contributed by atoms with Crippen molar-refractivity contribution < 1.29 is 0 Å². The molecule has 33 heavy (non-hydrogen) atoms. The van der Waals surface area contributed by atoms with Gasteiger partial charge in [0.15, 0.2) is 0 Å². The first-order valence-corrected chi connectivity index (χ1v) is 11.9. The van der Waals surface area contributed by atoms with Crippen LogP contribution in [0.3, 0.4) is 0 Å². The minimum absolute atomic E-state index is 0.647. The molecule has 0 saturated carbocycles. The van der Waals surface area contributed by atoms with Gasteiger partial charge in [0.05, 0.1) is 11.4 Å². The molecule has 1 aliphatic rings. The zero-order valence-electron chi connectivity index (χ0n) is 19.4. The van der Waals surface area contributed by atoms with Crippen LogP contribution in [0.15, 0.2) is 54.9 Å². The summed E-state index contributed by atoms with van der Waals surface area (Å²) in [5, 5.41) is 3.42. The van der Waals surface area contributed by atoms with E-state index < -0.39 is 0 Å². The average molecular weight is 442 g/mol. The van der Waals surface area contributed by atoms with Gasteiger partial charge in [-0.05, 0) is 82.1 Å². The number of aromatic nitrogens is 5. The summed E-state index contributed by atoms with van der Waals surface area (Å²) in [5.41, 5.74) is 5.26. The van der Waals surface area contributed by atoms with Crippen molar-refractivity contribution in [3.05, 3.63) is 60.6 Å². The number of aryl methyl sites for hydroxylation is 1. The Morgan fingerprint density at radius 2 is 1.85 bits per heavy atom. The van der Waals surface area contributed by atoms with Gasteiger partial charge in [-0.15, -0.1) is 0 Å². The number of nitrogens with zero attached hydrogens (tertiary/aromatic N) is 6. The van der Waals surface area contributed by atoms with Gasteiger partial charge < -0.3 is 10.2 Å². The molecule has 0 unspecified atom stereocenters. The van der Waals surface area contributed by atoms with E-state index in [0.717, 1.165) is 59.5 Å². The summed E-state index contributed by atoms with van der Waals surface area (Å²) in [6, 6.07) is 14.0. The molecular formula is C26H31N7. The van der Waals surface area contributed by atoms with E-state index >= 15 is 0 Å². The van der Waals surface area contributed by atoms with Crippen molar-refractivity contribution in [1.82, 2.24) is 29.2 Å². The van der Waals surface area contributed by atoms with Crippen LogP contribution < -0.4 is 5.32 Å². The molecule has 5 heterocycles. The van der Waals surface area contributed by atoms with Crippen molar-refractivity contribution in [2.45, 2.75) is 33.1 Å². The van der Waals surface area contributed by atoms with Crippen LogP contribution in [0.4, 0.5) is 5.95 Å². The molecule has 5 rings (SSSR count). The number of anilines is 1. The first kappa shape index (κ1) is 21.5. The van der Waals surface area contributed by atoms with Gasteiger partial charge in [0.1, 0.15) is 17.0 Å². The smallest absolute Gasteiger partial charge is 0.223 e. The lowest BCUT2D eigenvalue weighted by molar-refractivity contribution is 0.192. The molecule has 0 bridgehead atoms. The van der Waals surface area contributed by atoms with Gasteiger partial charge >= 0.3 is 0 Å². The molecule has 0 aromatic carbocycles. The van der Waals surface area contributed by atoms with Crippen LogP contribution in [-0.4, -0.2) is 55.4 Å². The Kier molecular flexibility index (Phi) is 6.30. The molecule has 0 atom stereocenters. The highest BCUT2D eigenvalue weighted by Crippen LogP contribution is 2.31. The second-order valence-corrected chi connectivity index (χ2v) is 8.97. The molecule has 1 fully saturated rings. The zero-order chi connectivity index (χ0) is 22.6. The molecule has 4 aromatic heterocycles. The fourth-order valence-corrected chi connectivity index (χ4v) is 4.46. The van der Waals surface area contributed by atoms with Crippen LogP contribution >= 0.6 is 0 Å². The molecule has 7 nitrogen and oxygen atoms in total. The van der Waals surface area contributed by atoms with E-state index in [-0.39, 0.29) is 0 Å². The van der Waals surface area contributed by atoms with Gasteiger partial charge in [-0.2, -0.15) is 0 Å². The predicted molar refractivity (Wildman–Crippen MR) is 132 cm³/mol. The maximum atomic E-state index is 4.88. The summed E-state index contributed by atoms with van der Waals surface area (Å²) in [4.78, 5) is 21.5. The molecule has 0 aliphatic carbocycles. The summed E-state index contributed by atoms with van der Waals surface area (Å²) in [5.74, 6) is 1.52. The van der Waals surface area contributed by atoms with E-state index in [4.69, 9.17) is 15.0 Å². The number of hydrogen-bond acceptors (Lipinski definition) is 6. The predicted octanol–water partition coefficient (Wildman–Crippen LogP) is 4.70. The molecule has 0 radical (unpaired) electrons. The Morgan fingerprint density at radius 1 is 0.970 bits per heavy atom. The molecule has 170 valence electrons. The molecule has 0 spiro atoms. The minimum atomic E-state index is 0.647. The van der Waals surface area contributed by atoms with Crippen molar-refractivity contribution in [1.29, 1.82) is 0 Å². The monoisotopic (exact) mass is 441 g/mol. The maximum absolute atomic E-state index is 4.88. The Morgan fingerprint density at radius 3 is 2.70 bits per heavy atom. The third-order valence-electron chi connectivity index (χ3n) is 6.37. The van der Waals surface area contributed by atoms with Crippen LogP contribution in [0.25, 0.3) is 28.4 Å². The van der Waals surface area contributed by atoms with Gasteiger partial charge in [-0.25, -0.2) is 15.0 Å². The highest BCUT2D eigenvalue weighted by Gasteiger charge is 2.19. The summed E-state index contributed by atoms with van der Waals surface area (Å²) in [6.07, 6.45) is 7.54. The number of rotatable bonds is 7. The van der Waals surface area contributed by atoms with Crippen LogP contribution in [-0.2, 0) is 0 Å². The maximum Gasteiger partial charge on any atom is 0.223 e. The van der Waals surface area contributed by atoms with Crippen molar-refractivity contribution in [2.75, 3.05) is 31.5 Å². The quantitative estimate of drug-likeness (QED) is 0.419. The van der Waals surface area contributed by atoms with Gasteiger partial charge in [-0.3, -0.25) is 9.38 Å². The second-order valence-electron chi connectivity index (χ2n) is 8.97. The lowest BCUT2D eigenvalue weighted by atomic mass is 9.99. The van der Waals surface area contributed by atoms with Crippen LogP contribution in [0.2, 0.25) is 0 Å². The zero-order valence-corrected chi connectivity index (χ0v) is 19.4. The number of hydrogen-bond donors (Lipinski definition) is 1. The van der Waals surface area contributed by atoms with E-state index in [9.17, 15) is 0 Å². The lowest BCUT2D eigenvalue weighted by Crippen LogP contribution is -2.34. The number of pyridine rings is 2. The Hall–Kier alpha value is -3.32. The topological polar surface area (TPSA) is 71.2 Å². The van der Waals surface area contributed by atoms with E-state index in [1.54, 1.807) is 0 Å². The highest BCUT2D eigenvalue weighted by molar-refractivity contribution is 5.79. The number of likely N-dealkylation sites (tertiary alicyclic amines) is 1. The van der Waals surface area contributed by atoms with E-state index in [0.29, 0.717) is 5.95 Å². The van der Waals surface area contributed by atoms with E-state index in [1.165, 1.54) is 25.9 Å². The summed E-state index contributed by atoms with van der Waals surface area (Å²) < 4.78 is 2.07. The fourth-order valence-electron chi connectivity index (χ4n) is 4.46. The molecule has 0 amide bonds. The van der Waals surface area contributed by atoms with Gasteiger partial charge in [0, 0.05) is 24.6 Å². The van der Waals surface area contributed by atoms with Crippen LogP contribution in [0, 0.1) is 12.8 Å². The van der Waals surface area contributed by atoms with Crippen LogP contribution in [0.1, 0.15) is 31.9 Å². The third-order valence-corrected chi connectivity index (χ3v) is 6.37. The van der Waals surface area contributed by atoms with Gasteiger partial charge in [0.25, 0.3) is 0 Å². The van der Waals surface area contributed by atoms with E-state index in [2.05, 4.69) is 26.5 Å². The Labute approximate surface area is 194 Å². The van der Waals surface area contributed by atoms with Crippen molar-refractivity contribution in [3.8, 4) is 22.8 Å². The first-order valence-electron chi connectivity index (χ1n) is 11.9. The van der Waals surface area contributed by atoms with E-state index in [1.807, 2.05) is 61.8 Å². The summed E-state index contributed by atoms with van der Waals surface area (Å²) in [6.45, 7) is 8.77. The summed E-state index contributed by atoms with van der Waals surface area (Å²) in [7, 11) is 0. The SMILES string of the molecule is Cc1cccc(-c2nc3ccccn3c2-c2ccnc(NCCCN3CCC(C)CC3)n2)n1. The highest BCUT2D eigenvalue weighted by atomic mass is 15.1. The number of fused-ring (bicyclic) bond motifs is 1. The molecule has 1 N–H and O–H groups in total. The lowest BCUT2D eigenvalue weighted by Gasteiger charge is -2.30. The number of imidazole rings is 1. The van der Waals surface area contributed by atoms with Crippen molar-refractivity contribution >= 4 is 11.6 Å². The molecular weight excluding hydrogens is 410 g/mol. The standard InChI is InChI=1S/C26H31N7/c1-19-11-17-32(18-12-19)15-6-13-27-26-28-14-10-22(30-26)25-24(21-8-5-7-20(2)29-21)31-23-9-3-4-16-33(23)25/h3-5,7-10,14,16,19H,6,11-13,15,17-18H2,1-2H3,(H,27,28,30). The number of nitrogens with one attached hydrogen (secondary N) is 1. The Bertz CT molecular complexity index is 1220. The average Bonchev–Trinajstić information content (AvgIpc) is 3.23. The van der Waals surface area contributed by atoms with Crippen molar-refractivity contribution in [3.63, 3.8) is 0 Å². The molecule has 7 heteroatoms. The van der Waals surface area contributed by atoms with Crippen LogP contribution in [0.5, 0.6) is 0 Å². The second kappa shape index (κ2) is 9.67. The molecule has 1 saturated heterocycles. The summed E-state index contributed by atoms with van der Waals surface area (Å²) >= 11 is 0. The van der Waals surface area contributed by atoms with Gasteiger partial charge in [-0.1, -0.05) is 19.1 Å².